The minimum atomic E-state index is -0.758. The fourth-order valence-corrected chi connectivity index (χ4v) is 3.52. The lowest BCUT2D eigenvalue weighted by atomic mass is 9.94. The number of aromatic nitrogens is 1. The van der Waals surface area contributed by atoms with Crippen LogP contribution in [-0.2, 0) is 4.79 Å². The number of benzene rings is 1. The minimum Gasteiger partial charge on any atom is -0.360 e. The van der Waals surface area contributed by atoms with Gasteiger partial charge in [-0.1, -0.05) is 40.5 Å². The Bertz CT molecular complexity index is 983. The molecule has 0 saturated heterocycles. The van der Waals surface area contributed by atoms with E-state index in [9.17, 15) is 9.59 Å². The summed E-state index contributed by atoms with van der Waals surface area (Å²) in [6, 6.07) is 5.37. The smallest absolute Gasteiger partial charge is 0.322 e. The first-order chi connectivity index (χ1) is 13.3. The van der Waals surface area contributed by atoms with Gasteiger partial charge in [0.05, 0.1) is 11.6 Å². The van der Waals surface area contributed by atoms with Gasteiger partial charge in [0.1, 0.15) is 5.76 Å². The third-order valence-electron chi connectivity index (χ3n) is 4.30. The van der Waals surface area contributed by atoms with E-state index in [1.165, 1.54) is 4.90 Å². The second-order valence-corrected chi connectivity index (χ2v) is 7.07. The maximum Gasteiger partial charge on any atom is 0.322 e. The Morgan fingerprint density at radius 1 is 1.39 bits per heavy atom. The van der Waals surface area contributed by atoms with Crippen LogP contribution in [0.2, 0.25) is 10.0 Å². The molecule has 0 fully saturated rings. The number of carbonyl (C=O) groups is 2. The summed E-state index contributed by atoms with van der Waals surface area (Å²) in [5.74, 6) is 0.398. The number of carbonyl (C=O) groups excluding carboxylic acids is 2. The molecule has 1 aromatic heterocycles. The molecule has 9 heteroatoms. The van der Waals surface area contributed by atoms with Crippen molar-refractivity contribution in [3.05, 3.63) is 69.6 Å². The van der Waals surface area contributed by atoms with Crippen LogP contribution in [0.25, 0.3) is 0 Å². The second-order valence-electron chi connectivity index (χ2n) is 6.22. The summed E-state index contributed by atoms with van der Waals surface area (Å²) >= 11 is 12.3. The number of allylic oxidation sites excluding steroid dienone is 1. The number of aryl methyl sites for hydroxylation is 1. The third kappa shape index (κ3) is 3.90. The van der Waals surface area contributed by atoms with Gasteiger partial charge in [0.25, 0.3) is 5.91 Å². The predicted molar refractivity (Wildman–Crippen MR) is 107 cm³/mol. The summed E-state index contributed by atoms with van der Waals surface area (Å²) in [7, 11) is 0. The Balaban J connectivity index is 2.07. The molecular weight excluding hydrogens is 403 g/mol. The molecule has 0 bridgehead atoms. The van der Waals surface area contributed by atoms with Crippen LogP contribution >= 0.6 is 23.2 Å². The molecule has 2 aromatic rings. The monoisotopic (exact) mass is 420 g/mol. The van der Waals surface area contributed by atoms with Gasteiger partial charge in [-0.25, -0.2) is 4.79 Å². The molecule has 2 N–H and O–H groups in total. The molecule has 146 valence electrons. The molecule has 28 heavy (non-hydrogen) atoms. The highest BCUT2D eigenvalue weighted by Gasteiger charge is 2.36. The van der Waals surface area contributed by atoms with Gasteiger partial charge in [0.15, 0.2) is 5.82 Å². The van der Waals surface area contributed by atoms with Crippen LogP contribution in [0.3, 0.4) is 0 Å². The molecule has 0 radical (unpaired) electrons. The molecule has 3 amide bonds. The van der Waals surface area contributed by atoms with Gasteiger partial charge in [0.2, 0.25) is 0 Å². The molecule has 7 nitrogen and oxygen atoms in total. The molecule has 1 aliphatic heterocycles. The van der Waals surface area contributed by atoms with E-state index in [0.29, 0.717) is 32.6 Å². The Morgan fingerprint density at radius 3 is 2.75 bits per heavy atom. The fraction of sp³-hybridized carbons (Fsp3) is 0.211. The van der Waals surface area contributed by atoms with Gasteiger partial charge in [-0.15, -0.1) is 6.58 Å². The van der Waals surface area contributed by atoms with Crippen LogP contribution in [0.5, 0.6) is 0 Å². The lowest BCUT2D eigenvalue weighted by Crippen LogP contribution is -2.48. The molecule has 0 saturated carbocycles. The lowest BCUT2D eigenvalue weighted by Gasteiger charge is -2.35. The Hall–Kier alpha value is -2.77. The van der Waals surface area contributed by atoms with Crippen molar-refractivity contribution in [2.75, 3.05) is 11.9 Å². The van der Waals surface area contributed by atoms with E-state index >= 15 is 0 Å². The second kappa shape index (κ2) is 8.08. The van der Waals surface area contributed by atoms with Crippen LogP contribution in [0, 0.1) is 6.92 Å². The first-order valence-corrected chi connectivity index (χ1v) is 9.16. The zero-order valence-corrected chi connectivity index (χ0v) is 16.8. The first-order valence-electron chi connectivity index (χ1n) is 8.41. The van der Waals surface area contributed by atoms with Crippen LogP contribution in [0.1, 0.15) is 24.3 Å². The van der Waals surface area contributed by atoms with Gasteiger partial charge in [-0.05, 0) is 31.5 Å². The average Bonchev–Trinajstić information content (AvgIpc) is 3.02. The van der Waals surface area contributed by atoms with Gasteiger partial charge >= 0.3 is 6.03 Å². The lowest BCUT2D eigenvalue weighted by molar-refractivity contribution is -0.113. The quantitative estimate of drug-likeness (QED) is 0.699. The van der Waals surface area contributed by atoms with Gasteiger partial charge in [0, 0.05) is 28.4 Å². The molecule has 0 aliphatic carbocycles. The van der Waals surface area contributed by atoms with Crippen molar-refractivity contribution in [1.82, 2.24) is 15.4 Å². The van der Waals surface area contributed by atoms with E-state index in [0.717, 1.165) is 0 Å². The molecule has 0 spiro atoms. The Morgan fingerprint density at radius 2 is 2.14 bits per heavy atom. The number of rotatable bonds is 5. The Kier molecular flexibility index (Phi) is 5.76. The number of hydrogen-bond acceptors (Lipinski definition) is 4. The topological polar surface area (TPSA) is 87.5 Å². The highest BCUT2D eigenvalue weighted by molar-refractivity contribution is 6.35. The van der Waals surface area contributed by atoms with Crippen molar-refractivity contribution in [1.29, 1.82) is 0 Å². The van der Waals surface area contributed by atoms with E-state index in [1.54, 1.807) is 44.2 Å². The van der Waals surface area contributed by atoms with Crippen molar-refractivity contribution < 1.29 is 14.1 Å². The number of nitrogens with zero attached hydrogens (tertiary/aromatic N) is 2. The molecule has 1 aromatic carbocycles. The summed E-state index contributed by atoms with van der Waals surface area (Å²) in [5, 5.41) is 10.1. The van der Waals surface area contributed by atoms with E-state index in [4.69, 9.17) is 27.7 Å². The standard InChI is InChI=1S/C19H18Cl2N4O3/c1-4-7-25-11(3)16(18(26)22-15-8-10(2)28-24-15)17(23-19(25)27)13-6-5-12(20)9-14(13)21/h4-6,8-9,17H,1,7H2,2-3H3,(H,23,27)(H,22,24,26). The van der Waals surface area contributed by atoms with Crippen molar-refractivity contribution in [2.45, 2.75) is 19.9 Å². The highest BCUT2D eigenvalue weighted by Crippen LogP contribution is 2.35. The summed E-state index contributed by atoms with van der Waals surface area (Å²) in [6.07, 6.45) is 1.58. The maximum atomic E-state index is 13.1. The van der Waals surface area contributed by atoms with E-state index in [2.05, 4.69) is 22.4 Å². The van der Waals surface area contributed by atoms with E-state index < -0.39 is 11.9 Å². The minimum absolute atomic E-state index is 0.249. The Labute approximate surface area is 172 Å². The normalized spacial score (nSPS) is 16.8. The van der Waals surface area contributed by atoms with Crippen LogP contribution in [-0.4, -0.2) is 28.5 Å². The number of urea groups is 1. The molecule has 3 rings (SSSR count). The third-order valence-corrected chi connectivity index (χ3v) is 4.86. The largest absolute Gasteiger partial charge is 0.360 e. The van der Waals surface area contributed by atoms with Crippen molar-refractivity contribution >= 4 is 41.0 Å². The summed E-state index contributed by atoms with van der Waals surface area (Å²) in [4.78, 5) is 27.1. The van der Waals surface area contributed by atoms with Crippen molar-refractivity contribution in [2.24, 2.45) is 0 Å². The van der Waals surface area contributed by atoms with Crippen LogP contribution in [0.15, 0.2) is 52.7 Å². The van der Waals surface area contributed by atoms with Gasteiger partial charge in [-0.3, -0.25) is 9.69 Å². The van der Waals surface area contributed by atoms with Crippen LogP contribution in [0.4, 0.5) is 10.6 Å². The summed E-state index contributed by atoms with van der Waals surface area (Å²) < 4.78 is 4.99. The highest BCUT2D eigenvalue weighted by atomic mass is 35.5. The predicted octanol–water partition coefficient (Wildman–Crippen LogP) is 4.45. The SMILES string of the molecule is C=CCN1C(=O)NC(c2ccc(Cl)cc2Cl)C(C(=O)Nc2cc(C)on2)=C1C. The zero-order chi connectivity index (χ0) is 20.4. The number of hydrogen-bond donors (Lipinski definition) is 2. The van der Waals surface area contributed by atoms with Crippen LogP contribution < -0.4 is 10.6 Å². The van der Waals surface area contributed by atoms with Crippen molar-refractivity contribution in [3.8, 4) is 0 Å². The first kappa shape index (κ1) is 20.0. The van der Waals surface area contributed by atoms with E-state index in [1.807, 2.05) is 0 Å². The molecule has 1 aliphatic rings. The van der Waals surface area contributed by atoms with Gasteiger partial charge < -0.3 is 15.2 Å². The molecule has 1 atom stereocenters. The van der Waals surface area contributed by atoms with Crippen molar-refractivity contribution in [3.63, 3.8) is 0 Å². The number of halogens is 2. The molecular formula is C19H18Cl2N4O3. The number of anilines is 1. The fourth-order valence-electron chi connectivity index (χ4n) is 3.00. The summed E-state index contributed by atoms with van der Waals surface area (Å²) in [6.45, 7) is 7.33. The molecule has 2 heterocycles. The number of amides is 3. The molecule has 1 unspecified atom stereocenters. The van der Waals surface area contributed by atoms with E-state index in [-0.39, 0.29) is 18.4 Å². The zero-order valence-electron chi connectivity index (χ0n) is 15.3. The number of nitrogens with one attached hydrogen (secondary N) is 2. The average molecular weight is 421 g/mol. The van der Waals surface area contributed by atoms with Gasteiger partial charge in [-0.2, -0.15) is 0 Å². The maximum absolute atomic E-state index is 13.1. The summed E-state index contributed by atoms with van der Waals surface area (Å²) in [5.41, 5.74) is 1.36.